The van der Waals surface area contributed by atoms with Crippen LogP contribution in [0.15, 0.2) is 36.6 Å². The minimum atomic E-state index is -1.57. The third-order valence-electron chi connectivity index (χ3n) is 3.86. The van der Waals surface area contributed by atoms with Crippen molar-refractivity contribution in [2.75, 3.05) is 6.61 Å². The molecule has 0 aliphatic heterocycles. The molecule has 140 valence electrons. The molecule has 0 heterocycles. The lowest BCUT2D eigenvalue weighted by Crippen LogP contribution is -2.23. The van der Waals surface area contributed by atoms with Gasteiger partial charge in [-0.3, -0.25) is 0 Å². The Morgan fingerprint density at radius 1 is 1.08 bits per heavy atom. The summed E-state index contributed by atoms with van der Waals surface area (Å²) in [5, 5.41) is 17.7. The molecule has 2 N–H and O–H groups in total. The zero-order valence-corrected chi connectivity index (χ0v) is 15.1. The second-order valence-corrected chi connectivity index (χ2v) is 6.08. The van der Waals surface area contributed by atoms with Crippen LogP contribution in [-0.4, -0.2) is 29.1 Å². The van der Waals surface area contributed by atoms with E-state index in [1.165, 1.54) is 50.5 Å². The first-order valence-electron chi connectivity index (χ1n) is 9.02. The van der Waals surface area contributed by atoms with Gasteiger partial charge in [0.15, 0.2) is 0 Å². The van der Waals surface area contributed by atoms with Crippen LogP contribution < -0.4 is 4.74 Å². The standard InChI is InChI=1S/C20H30O5/c1-3-4-5-6-7-8-9-10-17-11-13-18(14-12-17)24-16(2)20(23)25-19(22)15-21/h11-14,19,21-22H,2-10,15H2,1H3. The highest BCUT2D eigenvalue weighted by molar-refractivity contribution is 5.86. The van der Waals surface area contributed by atoms with Gasteiger partial charge in [0.25, 0.3) is 0 Å². The summed E-state index contributed by atoms with van der Waals surface area (Å²) >= 11 is 0. The smallest absolute Gasteiger partial charge is 0.375 e. The number of aryl methyl sites for hydroxylation is 1. The Hall–Kier alpha value is -1.85. The summed E-state index contributed by atoms with van der Waals surface area (Å²) < 4.78 is 9.80. The summed E-state index contributed by atoms with van der Waals surface area (Å²) in [7, 11) is 0. The number of benzene rings is 1. The number of esters is 1. The first kappa shape index (κ1) is 21.2. The first-order chi connectivity index (χ1) is 12.1. The van der Waals surface area contributed by atoms with Crippen LogP contribution in [0.1, 0.15) is 57.4 Å². The van der Waals surface area contributed by atoms with Crippen molar-refractivity contribution >= 4 is 5.97 Å². The molecule has 25 heavy (non-hydrogen) atoms. The van der Waals surface area contributed by atoms with Gasteiger partial charge >= 0.3 is 5.97 Å². The van der Waals surface area contributed by atoms with E-state index in [0.717, 1.165) is 6.42 Å². The summed E-state index contributed by atoms with van der Waals surface area (Å²) in [6.45, 7) is 5.01. The molecular weight excluding hydrogens is 320 g/mol. The number of carbonyl (C=O) groups excluding carboxylic acids is 1. The minimum Gasteiger partial charge on any atom is -0.450 e. The zero-order valence-electron chi connectivity index (χ0n) is 15.1. The molecule has 0 radical (unpaired) electrons. The summed E-state index contributed by atoms with van der Waals surface area (Å²) in [5.41, 5.74) is 1.23. The molecule has 0 aliphatic carbocycles. The van der Waals surface area contributed by atoms with E-state index in [1.54, 1.807) is 12.1 Å². The number of hydrogen-bond acceptors (Lipinski definition) is 5. The van der Waals surface area contributed by atoms with E-state index in [1.807, 2.05) is 12.1 Å². The molecular formula is C20H30O5. The average molecular weight is 350 g/mol. The molecule has 0 fully saturated rings. The summed E-state index contributed by atoms with van der Waals surface area (Å²) in [6, 6.07) is 7.48. The van der Waals surface area contributed by atoms with E-state index in [9.17, 15) is 4.79 Å². The second kappa shape index (κ2) is 12.5. The molecule has 5 nitrogen and oxygen atoms in total. The lowest BCUT2D eigenvalue weighted by molar-refractivity contribution is -0.171. The Kier molecular flexibility index (Phi) is 10.6. The van der Waals surface area contributed by atoms with Crippen LogP contribution in [0, 0.1) is 0 Å². The van der Waals surface area contributed by atoms with Crippen LogP contribution in [-0.2, 0) is 16.0 Å². The summed E-state index contributed by atoms with van der Waals surface area (Å²) in [5.74, 6) is -0.676. The average Bonchev–Trinajstić information content (AvgIpc) is 2.62. The predicted octanol–water partition coefficient (Wildman–Crippen LogP) is 3.73. The quantitative estimate of drug-likeness (QED) is 0.186. The van der Waals surface area contributed by atoms with E-state index in [2.05, 4.69) is 18.2 Å². The lowest BCUT2D eigenvalue weighted by Gasteiger charge is -2.11. The fourth-order valence-electron chi connectivity index (χ4n) is 2.42. The number of unbranched alkanes of at least 4 members (excludes halogenated alkanes) is 6. The lowest BCUT2D eigenvalue weighted by atomic mass is 10.0. The van der Waals surface area contributed by atoms with Gasteiger partial charge in [-0.2, -0.15) is 0 Å². The van der Waals surface area contributed by atoms with E-state index in [-0.39, 0.29) is 5.76 Å². The van der Waals surface area contributed by atoms with Crippen molar-refractivity contribution in [1.82, 2.24) is 0 Å². The van der Waals surface area contributed by atoms with Gasteiger partial charge < -0.3 is 19.7 Å². The Balaban J connectivity index is 2.29. The Labute approximate surface area is 150 Å². The SMILES string of the molecule is C=C(Oc1ccc(CCCCCCCCC)cc1)C(=O)OC(O)CO. The molecule has 0 aliphatic rings. The maximum atomic E-state index is 11.5. The van der Waals surface area contributed by atoms with Crippen molar-refractivity contribution in [3.8, 4) is 5.75 Å². The molecule has 0 aromatic heterocycles. The highest BCUT2D eigenvalue weighted by atomic mass is 16.7. The molecule has 1 aromatic carbocycles. The van der Waals surface area contributed by atoms with Crippen LogP contribution in [0.5, 0.6) is 5.75 Å². The van der Waals surface area contributed by atoms with Gasteiger partial charge in [-0.15, -0.1) is 0 Å². The maximum absolute atomic E-state index is 11.5. The van der Waals surface area contributed by atoms with Gasteiger partial charge in [-0.1, -0.05) is 57.6 Å². The summed E-state index contributed by atoms with van der Waals surface area (Å²) in [4.78, 5) is 11.5. The Morgan fingerprint density at radius 3 is 2.28 bits per heavy atom. The molecule has 0 bridgehead atoms. The van der Waals surface area contributed by atoms with Crippen molar-refractivity contribution in [3.63, 3.8) is 0 Å². The largest absolute Gasteiger partial charge is 0.450 e. The van der Waals surface area contributed by atoms with Gasteiger partial charge in [0.2, 0.25) is 12.0 Å². The third kappa shape index (κ3) is 9.27. The van der Waals surface area contributed by atoms with Gasteiger partial charge in [0, 0.05) is 0 Å². The van der Waals surface area contributed by atoms with Crippen LogP contribution >= 0.6 is 0 Å². The van der Waals surface area contributed by atoms with Crippen LogP contribution in [0.2, 0.25) is 0 Å². The molecule has 0 saturated heterocycles. The Morgan fingerprint density at radius 2 is 1.68 bits per heavy atom. The second-order valence-electron chi connectivity index (χ2n) is 6.08. The van der Waals surface area contributed by atoms with Crippen molar-refractivity contribution in [3.05, 3.63) is 42.2 Å². The highest BCUT2D eigenvalue weighted by Gasteiger charge is 2.15. The molecule has 0 saturated carbocycles. The first-order valence-corrected chi connectivity index (χ1v) is 9.02. The molecule has 1 unspecified atom stereocenters. The van der Waals surface area contributed by atoms with Crippen LogP contribution in [0.4, 0.5) is 0 Å². The predicted molar refractivity (Wildman–Crippen MR) is 97.1 cm³/mol. The molecule has 0 amide bonds. The molecule has 1 atom stereocenters. The summed E-state index contributed by atoms with van der Waals surface area (Å²) in [6.07, 6.45) is 8.44. The molecule has 0 spiro atoms. The van der Waals surface area contributed by atoms with E-state index < -0.39 is 18.9 Å². The fraction of sp³-hybridized carbons (Fsp3) is 0.550. The van der Waals surface area contributed by atoms with Crippen molar-refractivity contribution in [2.45, 2.75) is 64.6 Å². The van der Waals surface area contributed by atoms with Crippen LogP contribution in [0.25, 0.3) is 0 Å². The number of aliphatic hydroxyl groups is 2. The molecule has 1 rings (SSSR count). The van der Waals surface area contributed by atoms with Crippen LogP contribution in [0.3, 0.4) is 0 Å². The van der Waals surface area contributed by atoms with Crippen molar-refractivity contribution in [1.29, 1.82) is 0 Å². The monoisotopic (exact) mass is 350 g/mol. The fourth-order valence-corrected chi connectivity index (χ4v) is 2.42. The normalized spacial score (nSPS) is 11.8. The van der Waals surface area contributed by atoms with Gasteiger partial charge in [0.05, 0.1) is 0 Å². The molecule has 5 heteroatoms. The van der Waals surface area contributed by atoms with E-state index in [0.29, 0.717) is 5.75 Å². The number of carbonyl (C=O) groups is 1. The zero-order chi connectivity index (χ0) is 18.5. The third-order valence-corrected chi connectivity index (χ3v) is 3.86. The number of rotatable bonds is 13. The number of aliphatic hydroxyl groups excluding tert-OH is 2. The number of hydrogen-bond donors (Lipinski definition) is 2. The van der Waals surface area contributed by atoms with E-state index >= 15 is 0 Å². The van der Waals surface area contributed by atoms with Crippen molar-refractivity contribution in [2.24, 2.45) is 0 Å². The number of ether oxygens (including phenoxy) is 2. The van der Waals surface area contributed by atoms with Gasteiger partial charge in [-0.05, 0) is 37.1 Å². The van der Waals surface area contributed by atoms with Crippen molar-refractivity contribution < 1.29 is 24.5 Å². The van der Waals surface area contributed by atoms with E-state index in [4.69, 9.17) is 14.9 Å². The Bertz CT molecular complexity index is 509. The molecule has 1 aromatic rings. The highest BCUT2D eigenvalue weighted by Crippen LogP contribution is 2.17. The van der Waals surface area contributed by atoms with Gasteiger partial charge in [-0.25, -0.2) is 4.79 Å². The maximum Gasteiger partial charge on any atom is 0.375 e. The minimum absolute atomic E-state index is 0.243. The van der Waals surface area contributed by atoms with Gasteiger partial charge in [0.1, 0.15) is 12.4 Å². The topological polar surface area (TPSA) is 76.0 Å².